The predicted molar refractivity (Wildman–Crippen MR) is 132 cm³/mol. The minimum atomic E-state index is -4.67. The van der Waals surface area contributed by atoms with Crippen LogP contribution in [0, 0.1) is 18.7 Å². The number of halogens is 4. The Morgan fingerprint density at radius 3 is 2.57 bits per heavy atom. The van der Waals surface area contributed by atoms with Crippen LogP contribution < -0.4 is 10.6 Å². The molecule has 0 unspecified atom stereocenters. The summed E-state index contributed by atoms with van der Waals surface area (Å²) in [6.45, 7) is 3.79. The number of nitrogens with zero attached hydrogens (tertiary/aromatic N) is 1. The van der Waals surface area contributed by atoms with Crippen molar-refractivity contribution in [2.75, 3.05) is 6.54 Å². The van der Waals surface area contributed by atoms with Gasteiger partial charge in [0.2, 0.25) is 0 Å². The van der Waals surface area contributed by atoms with Crippen molar-refractivity contribution in [3.63, 3.8) is 0 Å². The van der Waals surface area contributed by atoms with Gasteiger partial charge in [-0.2, -0.15) is 13.2 Å². The highest BCUT2D eigenvalue weighted by Gasteiger charge is 2.36. The maximum Gasteiger partial charge on any atom is 0.433 e. The Labute approximate surface area is 212 Å². The number of aryl methyl sites for hydroxylation is 1. The Kier molecular flexibility index (Phi) is 7.94. The van der Waals surface area contributed by atoms with Gasteiger partial charge >= 0.3 is 6.18 Å². The third-order valence-corrected chi connectivity index (χ3v) is 6.33. The second-order valence-electron chi connectivity index (χ2n) is 9.59. The molecule has 196 valence electrons. The second-order valence-corrected chi connectivity index (χ2v) is 9.59. The number of pyridine rings is 1. The Hall–Kier alpha value is -3.30. The van der Waals surface area contributed by atoms with Gasteiger partial charge in [0.05, 0.1) is 12.1 Å². The first-order chi connectivity index (χ1) is 17.5. The number of benzene rings is 2. The van der Waals surface area contributed by atoms with E-state index in [0.717, 1.165) is 24.6 Å². The SMILES string of the molecule is Cc1cc([C@@H](NC(=O)c2cc(CNC[C@@H](C)O)cc(-c3cccnc3C(F)(F)F)c2)C2CC2)ccc1F. The van der Waals surface area contributed by atoms with E-state index in [1.54, 1.807) is 38.1 Å². The molecular weight excluding hydrogens is 486 g/mol. The Morgan fingerprint density at radius 2 is 1.92 bits per heavy atom. The first kappa shape index (κ1) is 26.8. The van der Waals surface area contributed by atoms with Crippen molar-refractivity contribution in [2.24, 2.45) is 5.92 Å². The van der Waals surface area contributed by atoms with Crippen LogP contribution in [0.3, 0.4) is 0 Å². The number of nitrogens with one attached hydrogen (secondary N) is 2. The molecule has 1 aliphatic rings. The fraction of sp³-hybridized carbons (Fsp3) is 0.357. The molecule has 1 aliphatic carbocycles. The van der Waals surface area contributed by atoms with Gasteiger partial charge in [0, 0.05) is 30.4 Å². The minimum absolute atomic E-state index is 0.130. The van der Waals surface area contributed by atoms with E-state index >= 15 is 0 Å². The lowest BCUT2D eigenvalue weighted by Gasteiger charge is -2.20. The van der Waals surface area contributed by atoms with Crippen LogP contribution in [0.15, 0.2) is 54.7 Å². The molecule has 1 amide bonds. The van der Waals surface area contributed by atoms with Crippen molar-refractivity contribution in [3.8, 4) is 11.1 Å². The Bertz CT molecular complexity index is 1270. The van der Waals surface area contributed by atoms with E-state index in [1.807, 2.05) is 0 Å². The Balaban J connectivity index is 1.70. The van der Waals surface area contributed by atoms with Crippen LogP contribution in [0.25, 0.3) is 11.1 Å². The van der Waals surface area contributed by atoms with Gasteiger partial charge in [-0.3, -0.25) is 9.78 Å². The van der Waals surface area contributed by atoms with Gasteiger partial charge < -0.3 is 15.7 Å². The summed E-state index contributed by atoms with van der Waals surface area (Å²) in [5, 5.41) is 15.6. The average Bonchev–Trinajstić information content (AvgIpc) is 3.68. The molecule has 9 heteroatoms. The summed E-state index contributed by atoms with van der Waals surface area (Å²) in [5.41, 5.74) is 1.09. The smallest absolute Gasteiger partial charge is 0.392 e. The van der Waals surface area contributed by atoms with Gasteiger partial charge in [0.25, 0.3) is 5.91 Å². The molecule has 37 heavy (non-hydrogen) atoms. The molecule has 3 aromatic rings. The molecule has 0 aliphatic heterocycles. The van der Waals surface area contributed by atoms with Crippen molar-refractivity contribution in [3.05, 3.63) is 88.5 Å². The molecule has 1 heterocycles. The number of aliphatic hydroxyl groups excluding tert-OH is 1. The van der Waals surface area contributed by atoms with Crippen LogP contribution >= 0.6 is 0 Å². The number of alkyl halides is 3. The first-order valence-electron chi connectivity index (χ1n) is 12.1. The number of hydrogen-bond donors (Lipinski definition) is 3. The number of aliphatic hydroxyl groups is 1. The van der Waals surface area contributed by atoms with Gasteiger partial charge in [-0.15, -0.1) is 0 Å². The zero-order chi connectivity index (χ0) is 26.7. The van der Waals surface area contributed by atoms with Crippen LogP contribution in [0.2, 0.25) is 0 Å². The van der Waals surface area contributed by atoms with Crippen LogP contribution in [0.1, 0.15) is 58.5 Å². The van der Waals surface area contributed by atoms with E-state index in [1.165, 1.54) is 24.3 Å². The molecule has 2 aromatic carbocycles. The minimum Gasteiger partial charge on any atom is -0.392 e. The molecule has 0 radical (unpaired) electrons. The van der Waals surface area contributed by atoms with Crippen LogP contribution in [-0.4, -0.2) is 28.6 Å². The third kappa shape index (κ3) is 6.72. The van der Waals surface area contributed by atoms with Crippen molar-refractivity contribution in [1.29, 1.82) is 0 Å². The van der Waals surface area contributed by atoms with Gasteiger partial charge in [0.1, 0.15) is 5.82 Å². The van der Waals surface area contributed by atoms with Gasteiger partial charge in [-0.25, -0.2) is 4.39 Å². The first-order valence-corrected chi connectivity index (χ1v) is 12.1. The summed E-state index contributed by atoms with van der Waals surface area (Å²) in [6, 6.07) is 11.8. The molecule has 2 atom stereocenters. The molecule has 1 saturated carbocycles. The van der Waals surface area contributed by atoms with E-state index in [4.69, 9.17) is 0 Å². The van der Waals surface area contributed by atoms with Crippen molar-refractivity contribution < 1.29 is 27.5 Å². The van der Waals surface area contributed by atoms with E-state index in [-0.39, 0.29) is 47.6 Å². The number of aromatic nitrogens is 1. The third-order valence-electron chi connectivity index (χ3n) is 6.33. The molecule has 3 N–H and O–H groups in total. The fourth-order valence-corrected chi connectivity index (χ4v) is 4.36. The van der Waals surface area contributed by atoms with E-state index in [9.17, 15) is 27.5 Å². The molecule has 1 fully saturated rings. The summed E-state index contributed by atoms with van der Waals surface area (Å²) in [4.78, 5) is 17.0. The molecule has 5 nitrogen and oxygen atoms in total. The standard InChI is InChI=1S/C28H29F4N3O2/c1-16-10-20(7-8-24(16)29)25(19-5-6-19)35-27(37)22-12-18(15-33-14-17(2)36)11-21(13-22)23-4-3-9-34-26(23)28(30,31)32/h3-4,7-13,17,19,25,33,36H,5-6,14-15H2,1-2H3,(H,35,37)/t17-,25+/m1/s1. The zero-order valence-electron chi connectivity index (χ0n) is 20.6. The van der Waals surface area contributed by atoms with Crippen molar-refractivity contribution in [1.82, 2.24) is 15.6 Å². The summed E-state index contributed by atoms with van der Waals surface area (Å²) < 4.78 is 54.9. The van der Waals surface area contributed by atoms with Gasteiger partial charge in [-0.05, 0) is 85.2 Å². The quantitative estimate of drug-likeness (QED) is 0.326. The summed E-state index contributed by atoms with van der Waals surface area (Å²) >= 11 is 0. The van der Waals surface area contributed by atoms with E-state index in [2.05, 4.69) is 15.6 Å². The van der Waals surface area contributed by atoms with Crippen molar-refractivity contribution in [2.45, 2.75) is 51.6 Å². The van der Waals surface area contributed by atoms with Gasteiger partial charge in [0.15, 0.2) is 5.69 Å². The Morgan fingerprint density at radius 1 is 1.16 bits per heavy atom. The number of carbonyl (C=O) groups excluding carboxylic acids is 1. The molecule has 1 aromatic heterocycles. The summed E-state index contributed by atoms with van der Waals surface area (Å²) in [6.07, 6.45) is -2.36. The monoisotopic (exact) mass is 515 g/mol. The lowest BCUT2D eigenvalue weighted by molar-refractivity contribution is -0.140. The molecule has 4 rings (SSSR count). The van der Waals surface area contributed by atoms with Crippen LogP contribution in [0.4, 0.5) is 17.6 Å². The highest BCUT2D eigenvalue weighted by atomic mass is 19.4. The normalized spacial score (nSPS) is 15.3. The lowest BCUT2D eigenvalue weighted by atomic mass is 9.96. The molecule has 0 spiro atoms. The number of rotatable bonds is 9. The van der Waals surface area contributed by atoms with E-state index < -0.39 is 23.9 Å². The zero-order valence-corrected chi connectivity index (χ0v) is 20.6. The van der Waals surface area contributed by atoms with E-state index in [0.29, 0.717) is 11.1 Å². The topological polar surface area (TPSA) is 74.2 Å². The largest absolute Gasteiger partial charge is 0.433 e. The number of hydrogen-bond acceptors (Lipinski definition) is 4. The second kappa shape index (κ2) is 11.0. The molecule has 0 saturated heterocycles. The maximum absolute atomic E-state index is 13.8. The highest BCUT2D eigenvalue weighted by molar-refractivity contribution is 5.96. The number of carbonyl (C=O) groups is 1. The lowest BCUT2D eigenvalue weighted by Crippen LogP contribution is -2.30. The summed E-state index contributed by atoms with van der Waals surface area (Å²) in [5.74, 6) is -0.558. The maximum atomic E-state index is 13.8. The fourth-order valence-electron chi connectivity index (χ4n) is 4.36. The van der Waals surface area contributed by atoms with Crippen LogP contribution in [-0.2, 0) is 12.7 Å². The summed E-state index contributed by atoms with van der Waals surface area (Å²) in [7, 11) is 0. The molecule has 0 bridgehead atoms. The molecular formula is C28H29F4N3O2. The predicted octanol–water partition coefficient (Wildman–Crippen LogP) is 5.57. The van der Waals surface area contributed by atoms with Gasteiger partial charge in [-0.1, -0.05) is 18.2 Å². The van der Waals surface area contributed by atoms with Crippen molar-refractivity contribution >= 4 is 5.91 Å². The number of amides is 1. The highest BCUT2D eigenvalue weighted by Crippen LogP contribution is 2.42. The average molecular weight is 516 g/mol. The van der Waals surface area contributed by atoms with Crippen LogP contribution in [0.5, 0.6) is 0 Å².